The van der Waals surface area contributed by atoms with E-state index in [1.54, 1.807) is 18.2 Å². The van der Waals surface area contributed by atoms with E-state index in [1.165, 1.54) is 24.0 Å². The van der Waals surface area contributed by atoms with E-state index in [0.29, 0.717) is 23.0 Å². The van der Waals surface area contributed by atoms with Crippen molar-refractivity contribution in [3.63, 3.8) is 0 Å². The lowest BCUT2D eigenvalue weighted by Gasteiger charge is -2.18. The lowest BCUT2D eigenvalue weighted by molar-refractivity contribution is -0.115. The second kappa shape index (κ2) is 12.9. The van der Waals surface area contributed by atoms with Crippen LogP contribution in [0.2, 0.25) is 0 Å². The number of carbonyl (C=O) groups is 1. The van der Waals surface area contributed by atoms with Crippen LogP contribution in [0.5, 0.6) is 0 Å². The maximum atomic E-state index is 13.3. The number of hydrogen-bond donors (Lipinski definition) is 4. The highest BCUT2D eigenvalue weighted by Crippen LogP contribution is 2.24. The predicted octanol–water partition coefficient (Wildman–Crippen LogP) is 4.05. The summed E-state index contributed by atoms with van der Waals surface area (Å²) in [6.45, 7) is 4.96. The quantitative estimate of drug-likeness (QED) is 0.202. The van der Waals surface area contributed by atoms with Gasteiger partial charge in [0.25, 0.3) is 0 Å². The molecular weight excluding hydrogens is 473 g/mol. The summed E-state index contributed by atoms with van der Waals surface area (Å²) in [5.74, 6) is 0.464. The van der Waals surface area contributed by atoms with Gasteiger partial charge >= 0.3 is 0 Å². The maximum Gasteiger partial charge on any atom is 0.230 e. The minimum Gasteiger partial charge on any atom is -0.395 e. The first-order valence-electron chi connectivity index (χ1n) is 12.5. The number of aromatic nitrogens is 4. The molecule has 4 aromatic rings. The first kappa shape index (κ1) is 26.2. The minimum atomic E-state index is -0.410. The van der Waals surface area contributed by atoms with Gasteiger partial charge in [0.05, 0.1) is 18.5 Å². The van der Waals surface area contributed by atoms with Gasteiger partial charge in [-0.3, -0.25) is 9.89 Å². The number of halogens is 1. The lowest BCUT2D eigenvalue weighted by atomic mass is 10.1. The number of fused-ring (bicyclic) bond motifs is 1. The SMILES string of the molecule is CCN(CCO)CCCCc1ccc2c(Nc3cc(CC(=O)Nc4cccc(F)c4)[nH]n3)ncnc2c1. The Kier molecular flexibility index (Phi) is 9.12. The van der Waals surface area contributed by atoms with Gasteiger partial charge < -0.3 is 20.6 Å². The van der Waals surface area contributed by atoms with Crippen LogP contribution >= 0.6 is 0 Å². The van der Waals surface area contributed by atoms with Crippen molar-refractivity contribution in [2.75, 3.05) is 36.9 Å². The molecule has 4 N–H and O–H groups in total. The van der Waals surface area contributed by atoms with E-state index in [1.807, 2.05) is 6.07 Å². The number of nitrogens with zero attached hydrogens (tertiary/aromatic N) is 4. The van der Waals surface area contributed by atoms with E-state index >= 15 is 0 Å². The van der Waals surface area contributed by atoms with Gasteiger partial charge in [-0.15, -0.1) is 0 Å². The number of aryl methyl sites for hydroxylation is 1. The summed E-state index contributed by atoms with van der Waals surface area (Å²) < 4.78 is 13.3. The zero-order chi connectivity index (χ0) is 26.0. The number of aromatic amines is 1. The first-order valence-corrected chi connectivity index (χ1v) is 12.5. The van der Waals surface area contributed by atoms with Crippen LogP contribution in [-0.2, 0) is 17.6 Å². The third-order valence-electron chi connectivity index (χ3n) is 6.09. The molecule has 2 heterocycles. The van der Waals surface area contributed by atoms with Crippen LogP contribution in [0.4, 0.5) is 21.7 Å². The smallest absolute Gasteiger partial charge is 0.230 e. The molecule has 0 spiro atoms. The molecule has 0 atom stereocenters. The van der Waals surface area contributed by atoms with E-state index in [2.05, 4.69) is 54.8 Å². The molecule has 37 heavy (non-hydrogen) atoms. The van der Waals surface area contributed by atoms with Crippen LogP contribution in [0, 0.1) is 5.82 Å². The Hall–Kier alpha value is -3.89. The van der Waals surface area contributed by atoms with Crippen molar-refractivity contribution < 1.29 is 14.3 Å². The molecule has 0 aliphatic rings. The molecule has 9 nitrogen and oxygen atoms in total. The van der Waals surface area contributed by atoms with Crippen molar-refractivity contribution in [3.8, 4) is 0 Å². The minimum absolute atomic E-state index is 0.0646. The second-order valence-corrected chi connectivity index (χ2v) is 8.83. The fraction of sp³-hybridized carbons (Fsp3) is 0.333. The first-order chi connectivity index (χ1) is 18.0. The molecule has 2 aromatic carbocycles. The van der Waals surface area contributed by atoms with Gasteiger partial charge in [0.2, 0.25) is 5.91 Å². The zero-order valence-corrected chi connectivity index (χ0v) is 20.9. The van der Waals surface area contributed by atoms with Gasteiger partial charge in [0.1, 0.15) is 18.0 Å². The molecule has 0 bridgehead atoms. The number of aliphatic hydroxyl groups excluding tert-OH is 1. The Morgan fingerprint density at radius 2 is 2.00 bits per heavy atom. The number of carbonyl (C=O) groups excluding carboxylic acids is 1. The third-order valence-corrected chi connectivity index (χ3v) is 6.09. The van der Waals surface area contributed by atoms with Crippen LogP contribution in [0.15, 0.2) is 54.9 Å². The maximum absolute atomic E-state index is 13.3. The summed E-state index contributed by atoms with van der Waals surface area (Å²) in [7, 11) is 0. The monoisotopic (exact) mass is 505 g/mol. The molecule has 0 radical (unpaired) electrons. The average molecular weight is 506 g/mol. The number of H-pyrrole nitrogens is 1. The van der Waals surface area contributed by atoms with Crippen LogP contribution in [0.3, 0.4) is 0 Å². The molecule has 0 saturated carbocycles. The number of nitrogens with one attached hydrogen (secondary N) is 3. The largest absolute Gasteiger partial charge is 0.395 e. The van der Waals surface area contributed by atoms with Gasteiger partial charge in [-0.25, -0.2) is 14.4 Å². The Bertz CT molecular complexity index is 1330. The molecule has 1 amide bonds. The summed E-state index contributed by atoms with van der Waals surface area (Å²) in [6, 6.07) is 13.7. The Morgan fingerprint density at radius 3 is 2.81 bits per heavy atom. The molecule has 0 unspecified atom stereocenters. The Morgan fingerprint density at radius 1 is 1.11 bits per heavy atom. The fourth-order valence-corrected chi connectivity index (χ4v) is 4.17. The Labute approximate surface area is 215 Å². The number of rotatable bonds is 13. The molecule has 4 rings (SSSR count). The highest BCUT2D eigenvalue weighted by atomic mass is 19.1. The van der Waals surface area contributed by atoms with Gasteiger partial charge in [-0.1, -0.05) is 19.1 Å². The van der Waals surface area contributed by atoms with E-state index in [0.717, 1.165) is 49.8 Å². The third kappa shape index (κ3) is 7.55. The van der Waals surface area contributed by atoms with Crippen molar-refractivity contribution >= 4 is 34.1 Å². The van der Waals surface area contributed by atoms with Crippen LogP contribution < -0.4 is 10.6 Å². The number of benzene rings is 2. The van der Waals surface area contributed by atoms with E-state index < -0.39 is 5.82 Å². The number of unbranched alkanes of at least 4 members (excludes halogenated alkanes) is 1. The van der Waals surface area contributed by atoms with Crippen molar-refractivity contribution in [2.24, 2.45) is 0 Å². The summed E-state index contributed by atoms with van der Waals surface area (Å²) in [5.41, 5.74) is 3.07. The number of anilines is 3. The topological polar surface area (TPSA) is 119 Å². The second-order valence-electron chi connectivity index (χ2n) is 8.83. The molecule has 0 saturated heterocycles. The molecule has 0 aliphatic carbocycles. The normalized spacial score (nSPS) is 11.2. The van der Waals surface area contributed by atoms with Crippen molar-refractivity contribution in [2.45, 2.75) is 32.6 Å². The highest BCUT2D eigenvalue weighted by Gasteiger charge is 2.11. The number of amides is 1. The van der Waals surface area contributed by atoms with Crippen LogP contribution in [-0.4, -0.2) is 62.3 Å². The van der Waals surface area contributed by atoms with E-state index in [9.17, 15) is 9.18 Å². The average Bonchev–Trinajstić information content (AvgIpc) is 3.32. The van der Waals surface area contributed by atoms with Gasteiger partial charge in [-0.05, 0) is 68.2 Å². The summed E-state index contributed by atoms with van der Waals surface area (Å²) >= 11 is 0. The highest BCUT2D eigenvalue weighted by molar-refractivity contribution is 5.92. The molecule has 10 heteroatoms. The van der Waals surface area contributed by atoms with Gasteiger partial charge in [0, 0.05) is 29.4 Å². The van der Waals surface area contributed by atoms with E-state index in [-0.39, 0.29) is 18.9 Å². The van der Waals surface area contributed by atoms with Crippen LogP contribution in [0.1, 0.15) is 31.0 Å². The molecule has 2 aromatic heterocycles. The van der Waals surface area contributed by atoms with E-state index in [4.69, 9.17) is 5.11 Å². The summed E-state index contributed by atoms with van der Waals surface area (Å²) in [4.78, 5) is 23.4. The van der Waals surface area contributed by atoms with Crippen LogP contribution in [0.25, 0.3) is 10.9 Å². The number of hydrogen-bond acceptors (Lipinski definition) is 7. The fourth-order valence-electron chi connectivity index (χ4n) is 4.17. The van der Waals surface area contributed by atoms with Crippen molar-refractivity contribution in [1.82, 2.24) is 25.1 Å². The summed E-state index contributed by atoms with van der Waals surface area (Å²) in [6.07, 6.45) is 4.67. The molecule has 0 fully saturated rings. The zero-order valence-electron chi connectivity index (χ0n) is 20.9. The number of likely N-dealkylation sites (N-methyl/N-ethyl adjacent to an activating group) is 1. The lowest BCUT2D eigenvalue weighted by Crippen LogP contribution is -2.27. The Balaban J connectivity index is 1.34. The predicted molar refractivity (Wildman–Crippen MR) is 142 cm³/mol. The number of aliphatic hydroxyl groups is 1. The molecule has 0 aliphatic heterocycles. The van der Waals surface area contributed by atoms with Crippen molar-refractivity contribution in [1.29, 1.82) is 0 Å². The molecule has 194 valence electrons. The summed E-state index contributed by atoms with van der Waals surface area (Å²) in [5, 5.41) is 23.0. The molecular formula is C27H32FN7O2. The van der Waals surface area contributed by atoms with Gasteiger partial charge in [0.15, 0.2) is 5.82 Å². The van der Waals surface area contributed by atoms with Gasteiger partial charge in [-0.2, -0.15) is 5.10 Å². The van der Waals surface area contributed by atoms with Crippen molar-refractivity contribution in [3.05, 3.63) is 71.9 Å². The standard InChI is InChI=1S/C27H32FN7O2/c1-2-35(12-13-36)11-4-3-6-19-9-10-23-24(14-19)29-18-30-27(23)32-25-16-22(33-34-25)17-26(37)31-21-8-5-7-20(28)15-21/h5,7-10,14-16,18,36H,2-4,6,11-13,17H2,1H3,(H,31,37)(H2,29,30,32,33,34).